The number of para-hydroxylation sites is 2. The number of pyridine rings is 1. The average Bonchev–Trinajstić information content (AvgIpc) is 3.49. The van der Waals surface area contributed by atoms with Crippen molar-refractivity contribution in [3.8, 4) is 22.6 Å². The van der Waals surface area contributed by atoms with Gasteiger partial charge < -0.3 is 10.1 Å². The number of hydrogen-bond donors (Lipinski definition) is 2. The highest BCUT2D eigenvalue weighted by molar-refractivity contribution is 5.88. The summed E-state index contributed by atoms with van der Waals surface area (Å²) >= 11 is 0. The van der Waals surface area contributed by atoms with E-state index in [2.05, 4.69) is 168 Å². The molecule has 0 amide bonds. The largest absolute Gasteiger partial charge is 0.456 e. The molecule has 4 heteroatoms. The van der Waals surface area contributed by atoms with Gasteiger partial charge in [0.1, 0.15) is 11.5 Å². The number of allylic oxidation sites excluding steroid dienone is 3. The molecule has 0 saturated heterocycles. The van der Waals surface area contributed by atoms with Gasteiger partial charge in [-0.15, -0.1) is 0 Å². The maximum absolute atomic E-state index is 7.07. The molecule has 0 radical (unpaired) electrons. The van der Waals surface area contributed by atoms with Crippen LogP contribution in [0.25, 0.3) is 16.8 Å². The van der Waals surface area contributed by atoms with Crippen molar-refractivity contribution in [2.75, 3.05) is 0 Å². The van der Waals surface area contributed by atoms with E-state index in [1.54, 1.807) is 0 Å². The zero-order valence-corrected chi connectivity index (χ0v) is 27.4. The van der Waals surface area contributed by atoms with Crippen LogP contribution in [0.5, 0.6) is 11.5 Å². The number of benzene rings is 5. The van der Waals surface area contributed by atoms with E-state index in [-0.39, 0.29) is 24.0 Å². The Bertz CT molecular complexity index is 2300. The Morgan fingerprint density at radius 2 is 1.28 bits per heavy atom. The Morgan fingerprint density at radius 1 is 0.600 bits per heavy atom. The molecule has 4 aliphatic rings. The van der Waals surface area contributed by atoms with Gasteiger partial charge in [0.2, 0.25) is 0 Å². The quantitative estimate of drug-likeness (QED) is 0.200. The van der Waals surface area contributed by atoms with E-state index >= 15 is 0 Å². The zero-order chi connectivity index (χ0) is 33.1. The second-order valence-corrected chi connectivity index (χ2v) is 13.5. The first-order chi connectivity index (χ1) is 24.8. The average molecular weight is 646 g/mol. The molecule has 0 bridgehead atoms. The van der Waals surface area contributed by atoms with Gasteiger partial charge in [0.25, 0.3) is 0 Å². The lowest BCUT2D eigenvalue weighted by atomic mass is 9.65. The van der Waals surface area contributed by atoms with Crippen molar-refractivity contribution in [1.82, 2.24) is 15.6 Å². The van der Waals surface area contributed by atoms with Gasteiger partial charge in [0, 0.05) is 34.7 Å². The number of fused-ring (bicyclic) bond motifs is 9. The molecule has 2 aliphatic heterocycles. The van der Waals surface area contributed by atoms with Crippen molar-refractivity contribution < 1.29 is 4.74 Å². The molecule has 50 heavy (non-hydrogen) atoms. The third-order valence-electron chi connectivity index (χ3n) is 10.9. The van der Waals surface area contributed by atoms with Gasteiger partial charge in [-0.3, -0.25) is 10.3 Å². The molecule has 4 unspecified atom stereocenters. The first-order valence-corrected chi connectivity index (χ1v) is 17.5. The first-order valence-electron chi connectivity index (χ1n) is 17.5. The van der Waals surface area contributed by atoms with E-state index in [1.807, 2.05) is 18.3 Å². The smallest absolute Gasteiger partial charge is 0.136 e. The molecule has 1 aromatic heterocycles. The van der Waals surface area contributed by atoms with Gasteiger partial charge in [0.05, 0.1) is 29.0 Å². The van der Waals surface area contributed by atoms with E-state index in [0.717, 1.165) is 22.9 Å². The van der Waals surface area contributed by atoms with Crippen LogP contribution in [-0.2, 0) is 5.41 Å². The Labute approximate surface area is 292 Å². The lowest BCUT2D eigenvalue weighted by molar-refractivity contribution is 0.322. The first kappa shape index (κ1) is 29.0. The van der Waals surface area contributed by atoms with Crippen molar-refractivity contribution >= 4 is 5.70 Å². The Kier molecular flexibility index (Phi) is 6.71. The summed E-state index contributed by atoms with van der Waals surface area (Å²) < 4.78 is 7.07. The molecular formula is C46H35N3O. The molecule has 2 aliphatic carbocycles. The second kappa shape index (κ2) is 11.6. The lowest BCUT2D eigenvalue weighted by Gasteiger charge is -2.42. The lowest BCUT2D eigenvalue weighted by Crippen LogP contribution is -2.52. The molecule has 3 heterocycles. The number of rotatable bonds is 4. The van der Waals surface area contributed by atoms with Crippen LogP contribution in [0, 0.1) is 5.92 Å². The molecule has 4 atom stereocenters. The highest BCUT2D eigenvalue weighted by atomic mass is 16.5. The Balaban J connectivity index is 1.13. The third-order valence-corrected chi connectivity index (χ3v) is 10.9. The summed E-state index contributed by atoms with van der Waals surface area (Å²) in [5.74, 6) is 1.96. The summed E-state index contributed by atoms with van der Waals surface area (Å²) in [6.45, 7) is 0. The summed E-state index contributed by atoms with van der Waals surface area (Å²) in [6, 6.07) is 50.0. The van der Waals surface area contributed by atoms with Gasteiger partial charge in [-0.05, 0) is 52.1 Å². The highest BCUT2D eigenvalue weighted by Crippen LogP contribution is 2.63. The van der Waals surface area contributed by atoms with E-state index in [0.29, 0.717) is 0 Å². The van der Waals surface area contributed by atoms with Crippen LogP contribution < -0.4 is 15.4 Å². The van der Waals surface area contributed by atoms with Crippen LogP contribution in [-0.4, -0.2) is 11.1 Å². The van der Waals surface area contributed by atoms with Gasteiger partial charge in [-0.1, -0.05) is 146 Å². The van der Waals surface area contributed by atoms with Crippen LogP contribution in [0.2, 0.25) is 0 Å². The fraction of sp³-hybridized carbons (Fsp3) is 0.109. The Hall–Kier alpha value is -5.97. The van der Waals surface area contributed by atoms with Gasteiger partial charge in [-0.25, -0.2) is 0 Å². The van der Waals surface area contributed by atoms with Crippen LogP contribution in [0.1, 0.15) is 51.0 Å². The summed E-state index contributed by atoms with van der Waals surface area (Å²) in [6.07, 6.45) is 13.1. The van der Waals surface area contributed by atoms with Crippen LogP contribution >= 0.6 is 0 Å². The number of hydrogen-bond acceptors (Lipinski definition) is 4. The standard InChI is InChI=1S/C46H35N3O/c1-2-15-30(16-3-1)41-29-42(40-26-12-13-28-47-40)49-45(48-41)35-20-5-4-17-31(35)34-21-14-25-39-44(34)50-43-27-11-10-24-38(43)46(39)36-22-8-6-18-32(36)33-19-7-9-23-37(33)46/h1-29,31,35,41,45,48-49H. The minimum atomic E-state index is -0.494. The monoisotopic (exact) mass is 645 g/mol. The van der Waals surface area contributed by atoms with Crippen molar-refractivity contribution in [2.24, 2.45) is 5.92 Å². The second-order valence-electron chi connectivity index (χ2n) is 13.5. The maximum atomic E-state index is 7.07. The van der Waals surface area contributed by atoms with E-state index in [4.69, 9.17) is 9.72 Å². The molecule has 1 spiro atoms. The van der Waals surface area contributed by atoms with Crippen LogP contribution in [0.4, 0.5) is 0 Å². The summed E-state index contributed by atoms with van der Waals surface area (Å²) in [7, 11) is 0. The van der Waals surface area contributed by atoms with Gasteiger partial charge in [0.15, 0.2) is 0 Å². The van der Waals surface area contributed by atoms with E-state index < -0.39 is 5.41 Å². The van der Waals surface area contributed by atoms with Crippen LogP contribution in [0.15, 0.2) is 176 Å². The van der Waals surface area contributed by atoms with Gasteiger partial charge in [-0.2, -0.15) is 0 Å². The normalized spacial score (nSPS) is 22.0. The number of aromatic nitrogens is 1. The fourth-order valence-corrected chi connectivity index (χ4v) is 8.82. The van der Waals surface area contributed by atoms with Crippen molar-refractivity contribution in [3.05, 3.63) is 215 Å². The predicted molar refractivity (Wildman–Crippen MR) is 200 cm³/mol. The SMILES string of the molecule is C1=CC(c2cccc3c2Oc2ccccc2C32c3ccccc3-c3ccccc32)C(C2NC(c3ccccn3)=CC(c3ccccc3)N2)C=C1. The summed E-state index contributed by atoms with van der Waals surface area (Å²) in [5, 5.41) is 7.84. The zero-order valence-electron chi connectivity index (χ0n) is 27.4. The van der Waals surface area contributed by atoms with E-state index in [9.17, 15) is 0 Å². The molecule has 240 valence electrons. The summed E-state index contributed by atoms with van der Waals surface area (Å²) in [5.41, 5.74) is 11.4. The number of nitrogens with zero attached hydrogens (tertiary/aromatic N) is 1. The fourth-order valence-electron chi connectivity index (χ4n) is 8.82. The van der Waals surface area contributed by atoms with Gasteiger partial charge >= 0.3 is 0 Å². The van der Waals surface area contributed by atoms with Crippen LogP contribution in [0.3, 0.4) is 0 Å². The molecule has 0 fully saturated rings. The number of nitrogens with one attached hydrogen (secondary N) is 2. The summed E-state index contributed by atoms with van der Waals surface area (Å²) in [4.78, 5) is 4.73. The van der Waals surface area contributed by atoms with E-state index in [1.165, 1.54) is 44.5 Å². The molecule has 4 nitrogen and oxygen atoms in total. The molecule has 5 aromatic carbocycles. The molecular weight excluding hydrogens is 611 g/mol. The Morgan fingerprint density at radius 3 is 2.06 bits per heavy atom. The minimum Gasteiger partial charge on any atom is -0.456 e. The van der Waals surface area contributed by atoms with Crippen molar-refractivity contribution in [1.29, 1.82) is 0 Å². The molecule has 0 saturated carbocycles. The molecule has 10 rings (SSSR count). The topological polar surface area (TPSA) is 46.2 Å². The van der Waals surface area contributed by atoms with Crippen molar-refractivity contribution in [2.45, 2.75) is 23.5 Å². The number of ether oxygens (including phenoxy) is 1. The predicted octanol–water partition coefficient (Wildman–Crippen LogP) is 9.68. The van der Waals surface area contributed by atoms with Crippen molar-refractivity contribution in [3.63, 3.8) is 0 Å². The highest BCUT2D eigenvalue weighted by Gasteiger charge is 2.51. The third kappa shape index (κ3) is 4.32. The maximum Gasteiger partial charge on any atom is 0.136 e. The molecule has 2 N–H and O–H groups in total. The molecule has 6 aromatic rings. The minimum absolute atomic E-state index is 0.0157.